The molecule has 1 fully saturated rings. The number of nitrogens with zero attached hydrogens (tertiary/aromatic N) is 3. The molecule has 7 heteroatoms. The number of carbonyl (C=O) groups excluding carboxylic acids is 1. The highest BCUT2D eigenvalue weighted by molar-refractivity contribution is 5.85. The maximum Gasteiger partial charge on any atom is 0.356 e. The third-order valence-electron chi connectivity index (χ3n) is 3.08. The maximum absolute atomic E-state index is 12.0. The van der Waals surface area contributed by atoms with Gasteiger partial charge in [0.15, 0.2) is 5.69 Å². The zero-order chi connectivity index (χ0) is 13.8. The lowest BCUT2D eigenvalue weighted by Gasteiger charge is -2.26. The van der Waals surface area contributed by atoms with Crippen molar-refractivity contribution in [1.82, 2.24) is 14.7 Å². The first kappa shape index (κ1) is 13.3. The number of carboxylic acid groups (broad SMARTS) is 1. The molecule has 102 valence electrons. The van der Waals surface area contributed by atoms with Crippen molar-refractivity contribution in [2.45, 2.75) is 25.8 Å². The van der Waals surface area contributed by atoms with E-state index in [0.29, 0.717) is 13.1 Å². The Morgan fingerprint density at radius 1 is 1.21 bits per heavy atom. The topological polar surface area (TPSA) is 92.5 Å². The molecule has 1 N–H and O–H groups in total. The van der Waals surface area contributed by atoms with E-state index in [1.54, 1.807) is 4.90 Å². The summed E-state index contributed by atoms with van der Waals surface area (Å²) in [5.74, 6) is -1.42. The number of aromatic nitrogens is 2. The second-order valence-electron chi connectivity index (χ2n) is 4.46. The standard InChI is InChI=1S/C12H15N3O4/c16-10-5-4-9(12(18)19)13-15(10)8-11(17)14-6-2-1-3-7-14/h4-5H,1-3,6-8H2,(H,18,19). The van der Waals surface area contributed by atoms with E-state index in [1.807, 2.05) is 0 Å². The molecule has 0 aromatic carbocycles. The molecule has 0 aliphatic carbocycles. The maximum atomic E-state index is 12.0. The monoisotopic (exact) mass is 265 g/mol. The van der Waals surface area contributed by atoms with Crippen LogP contribution in [0.4, 0.5) is 0 Å². The van der Waals surface area contributed by atoms with Gasteiger partial charge < -0.3 is 10.0 Å². The summed E-state index contributed by atoms with van der Waals surface area (Å²) in [7, 11) is 0. The summed E-state index contributed by atoms with van der Waals surface area (Å²) in [5.41, 5.74) is -0.721. The molecule has 2 rings (SSSR count). The number of likely N-dealkylation sites (tertiary alicyclic amines) is 1. The van der Waals surface area contributed by atoms with Gasteiger partial charge in [0, 0.05) is 19.2 Å². The third kappa shape index (κ3) is 3.18. The predicted octanol–water partition coefficient (Wildman–Crippen LogP) is -0.0460. The van der Waals surface area contributed by atoms with Crippen molar-refractivity contribution in [1.29, 1.82) is 0 Å². The van der Waals surface area contributed by atoms with Crippen molar-refractivity contribution in [2.24, 2.45) is 0 Å². The molecule has 0 saturated carbocycles. The van der Waals surface area contributed by atoms with E-state index in [2.05, 4.69) is 5.10 Å². The van der Waals surface area contributed by atoms with Crippen molar-refractivity contribution in [3.63, 3.8) is 0 Å². The van der Waals surface area contributed by atoms with E-state index in [1.165, 1.54) is 0 Å². The van der Waals surface area contributed by atoms with Crippen LogP contribution in [0.2, 0.25) is 0 Å². The van der Waals surface area contributed by atoms with Gasteiger partial charge in [-0.3, -0.25) is 9.59 Å². The lowest BCUT2D eigenvalue weighted by atomic mass is 10.1. The number of hydrogen-bond donors (Lipinski definition) is 1. The first-order valence-corrected chi connectivity index (χ1v) is 6.17. The van der Waals surface area contributed by atoms with E-state index in [0.717, 1.165) is 36.1 Å². The molecule has 0 bridgehead atoms. The summed E-state index contributed by atoms with van der Waals surface area (Å²) in [6.07, 6.45) is 3.03. The van der Waals surface area contributed by atoms with Crippen LogP contribution >= 0.6 is 0 Å². The Kier molecular flexibility index (Phi) is 3.94. The van der Waals surface area contributed by atoms with Crippen molar-refractivity contribution < 1.29 is 14.7 Å². The molecule has 19 heavy (non-hydrogen) atoms. The van der Waals surface area contributed by atoms with E-state index >= 15 is 0 Å². The Hall–Kier alpha value is -2.18. The van der Waals surface area contributed by atoms with Crippen LogP contribution in [0, 0.1) is 0 Å². The molecule has 1 aliphatic heterocycles. The van der Waals surface area contributed by atoms with Crippen LogP contribution in [0.1, 0.15) is 29.8 Å². The van der Waals surface area contributed by atoms with Gasteiger partial charge in [0.1, 0.15) is 6.54 Å². The molecular weight excluding hydrogens is 250 g/mol. The van der Waals surface area contributed by atoms with Gasteiger partial charge in [0.2, 0.25) is 5.91 Å². The van der Waals surface area contributed by atoms with Gasteiger partial charge in [-0.15, -0.1) is 0 Å². The Morgan fingerprint density at radius 3 is 2.53 bits per heavy atom. The highest BCUT2D eigenvalue weighted by atomic mass is 16.4. The van der Waals surface area contributed by atoms with Crippen LogP contribution in [0.15, 0.2) is 16.9 Å². The predicted molar refractivity (Wildman–Crippen MR) is 65.9 cm³/mol. The molecule has 1 amide bonds. The van der Waals surface area contributed by atoms with Crippen LogP contribution < -0.4 is 5.56 Å². The molecule has 0 spiro atoms. The lowest BCUT2D eigenvalue weighted by Crippen LogP contribution is -2.40. The average molecular weight is 265 g/mol. The Morgan fingerprint density at radius 2 is 1.89 bits per heavy atom. The van der Waals surface area contributed by atoms with Crippen LogP contribution in [-0.4, -0.2) is 44.8 Å². The zero-order valence-electron chi connectivity index (χ0n) is 10.4. The summed E-state index contributed by atoms with van der Waals surface area (Å²) in [6.45, 7) is 1.17. The summed E-state index contributed by atoms with van der Waals surface area (Å²) < 4.78 is 0.903. The Labute approximate surface area is 109 Å². The molecule has 1 aromatic heterocycles. The van der Waals surface area contributed by atoms with Crippen molar-refractivity contribution in [2.75, 3.05) is 13.1 Å². The van der Waals surface area contributed by atoms with Gasteiger partial charge in [0.05, 0.1) is 0 Å². The second-order valence-corrected chi connectivity index (χ2v) is 4.46. The van der Waals surface area contributed by atoms with Crippen LogP contribution in [0.25, 0.3) is 0 Å². The van der Waals surface area contributed by atoms with E-state index in [9.17, 15) is 14.4 Å². The van der Waals surface area contributed by atoms with E-state index < -0.39 is 11.5 Å². The molecule has 1 aromatic rings. The highest BCUT2D eigenvalue weighted by Crippen LogP contribution is 2.08. The fourth-order valence-corrected chi connectivity index (χ4v) is 2.05. The van der Waals surface area contributed by atoms with Crippen molar-refractivity contribution in [3.05, 3.63) is 28.2 Å². The SMILES string of the molecule is O=C(O)c1ccc(=O)n(CC(=O)N2CCCCC2)n1. The Bertz CT molecular complexity index is 546. The first-order chi connectivity index (χ1) is 9.08. The third-order valence-corrected chi connectivity index (χ3v) is 3.08. The fourth-order valence-electron chi connectivity index (χ4n) is 2.05. The second kappa shape index (κ2) is 5.64. The zero-order valence-corrected chi connectivity index (χ0v) is 10.4. The number of piperidine rings is 1. The van der Waals surface area contributed by atoms with Crippen LogP contribution in [0.5, 0.6) is 0 Å². The minimum Gasteiger partial charge on any atom is -0.476 e. The fraction of sp³-hybridized carbons (Fsp3) is 0.500. The van der Waals surface area contributed by atoms with Gasteiger partial charge in [-0.1, -0.05) is 0 Å². The molecule has 0 atom stereocenters. The molecule has 1 aliphatic rings. The normalized spacial score (nSPS) is 15.3. The number of carboxylic acids is 1. The first-order valence-electron chi connectivity index (χ1n) is 6.17. The molecule has 7 nitrogen and oxygen atoms in total. The van der Waals surface area contributed by atoms with Crippen LogP contribution in [0.3, 0.4) is 0 Å². The summed E-state index contributed by atoms with van der Waals surface area (Å²) in [6, 6.07) is 2.24. The van der Waals surface area contributed by atoms with Crippen molar-refractivity contribution >= 4 is 11.9 Å². The Balaban J connectivity index is 2.13. The molecule has 0 radical (unpaired) electrons. The molecular formula is C12H15N3O4. The van der Waals surface area contributed by atoms with Gasteiger partial charge in [-0.05, 0) is 25.3 Å². The van der Waals surface area contributed by atoms with Crippen molar-refractivity contribution in [3.8, 4) is 0 Å². The van der Waals surface area contributed by atoms with E-state index in [4.69, 9.17) is 5.11 Å². The quantitative estimate of drug-likeness (QED) is 0.827. The number of hydrogen-bond acceptors (Lipinski definition) is 4. The van der Waals surface area contributed by atoms with Gasteiger partial charge in [-0.2, -0.15) is 5.10 Å². The molecule has 1 saturated heterocycles. The van der Waals surface area contributed by atoms with Gasteiger partial charge >= 0.3 is 5.97 Å². The minimum absolute atomic E-state index is 0.197. The largest absolute Gasteiger partial charge is 0.476 e. The lowest BCUT2D eigenvalue weighted by molar-refractivity contribution is -0.133. The minimum atomic E-state index is -1.22. The number of carbonyl (C=O) groups is 2. The number of rotatable bonds is 3. The van der Waals surface area contributed by atoms with Gasteiger partial charge in [0.25, 0.3) is 5.56 Å². The summed E-state index contributed by atoms with van der Waals surface area (Å²) in [4.78, 5) is 36.0. The smallest absolute Gasteiger partial charge is 0.356 e. The average Bonchev–Trinajstić information content (AvgIpc) is 2.42. The highest BCUT2D eigenvalue weighted by Gasteiger charge is 2.18. The van der Waals surface area contributed by atoms with E-state index in [-0.39, 0.29) is 18.1 Å². The van der Waals surface area contributed by atoms with Gasteiger partial charge in [-0.25, -0.2) is 9.48 Å². The molecule has 0 unspecified atom stereocenters. The summed E-state index contributed by atoms with van der Waals surface area (Å²) in [5, 5.41) is 12.5. The number of aromatic carboxylic acids is 1. The summed E-state index contributed by atoms with van der Waals surface area (Å²) >= 11 is 0. The number of amides is 1. The van der Waals surface area contributed by atoms with Crippen LogP contribution in [-0.2, 0) is 11.3 Å². The molecule has 2 heterocycles.